The summed E-state index contributed by atoms with van der Waals surface area (Å²) in [7, 11) is 1.69. The number of nitrogens with one attached hydrogen (secondary N) is 1. The van der Waals surface area contributed by atoms with Gasteiger partial charge in [-0.15, -0.1) is 0 Å². The van der Waals surface area contributed by atoms with Crippen LogP contribution in [0.2, 0.25) is 0 Å². The summed E-state index contributed by atoms with van der Waals surface area (Å²) >= 11 is 0. The summed E-state index contributed by atoms with van der Waals surface area (Å²) in [5, 5.41) is 4.40. The summed E-state index contributed by atoms with van der Waals surface area (Å²) in [5.74, 6) is 0.821. The number of anilines is 1. The van der Waals surface area contributed by atoms with Gasteiger partial charge in [0.15, 0.2) is 5.65 Å². The molecule has 1 N–H and O–H groups in total. The van der Waals surface area contributed by atoms with Crippen molar-refractivity contribution in [2.45, 2.75) is 6.92 Å². The van der Waals surface area contributed by atoms with Crippen LogP contribution in [0.25, 0.3) is 27.8 Å². The van der Waals surface area contributed by atoms with Crippen LogP contribution < -0.4 is 5.32 Å². The first kappa shape index (κ1) is 17.2. The zero-order valence-electron chi connectivity index (χ0n) is 15.5. The smallest absolute Gasteiger partial charge is 0.150 e. The van der Waals surface area contributed by atoms with Gasteiger partial charge in [0.05, 0.1) is 12.0 Å². The number of aromatic nitrogens is 3. The number of rotatable bonds is 6. The summed E-state index contributed by atoms with van der Waals surface area (Å²) in [6.45, 7) is 3.39. The molecule has 136 valence electrons. The highest BCUT2D eigenvalue weighted by Crippen LogP contribution is 2.35. The molecule has 4 aromatic rings. The fraction of sp³-hybridized carbons (Fsp3) is 0.182. The van der Waals surface area contributed by atoms with Crippen LogP contribution in [-0.2, 0) is 4.74 Å². The standard InChI is InChI=1S/C22H22N4O/c1-16-8-10-18(11-9-16)26-14-19(17-6-4-3-5-7-17)20-21(23-12-13-27-2)24-15-25-22(20)26/h3-11,14-15H,12-13H2,1-2H3,(H,23,24,25). The molecule has 0 aliphatic carbocycles. The molecular weight excluding hydrogens is 336 g/mol. The fourth-order valence-corrected chi connectivity index (χ4v) is 3.21. The number of hydrogen-bond acceptors (Lipinski definition) is 4. The Morgan fingerprint density at radius 3 is 2.52 bits per heavy atom. The summed E-state index contributed by atoms with van der Waals surface area (Å²) in [5.41, 5.74) is 5.43. The van der Waals surface area contributed by atoms with E-state index in [1.807, 2.05) is 18.2 Å². The molecule has 5 nitrogen and oxygen atoms in total. The van der Waals surface area contributed by atoms with Crippen molar-refractivity contribution in [3.05, 3.63) is 72.7 Å². The largest absolute Gasteiger partial charge is 0.383 e. The van der Waals surface area contributed by atoms with Crippen LogP contribution >= 0.6 is 0 Å². The van der Waals surface area contributed by atoms with Gasteiger partial charge in [-0.3, -0.25) is 0 Å². The van der Waals surface area contributed by atoms with E-state index in [1.54, 1.807) is 13.4 Å². The Labute approximate surface area is 158 Å². The molecule has 0 fully saturated rings. The Bertz CT molecular complexity index is 1040. The summed E-state index contributed by atoms with van der Waals surface area (Å²) in [6.07, 6.45) is 3.75. The second-order valence-electron chi connectivity index (χ2n) is 6.45. The van der Waals surface area contributed by atoms with Gasteiger partial charge < -0.3 is 14.6 Å². The monoisotopic (exact) mass is 358 g/mol. The molecule has 0 saturated carbocycles. The molecule has 0 spiro atoms. The molecule has 0 unspecified atom stereocenters. The van der Waals surface area contributed by atoms with Gasteiger partial charge in [-0.05, 0) is 24.6 Å². The van der Waals surface area contributed by atoms with Gasteiger partial charge in [0.2, 0.25) is 0 Å². The van der Waals surface area contributed by atoms with Crippen LogP contribution in [0.4, 0.5) is 5.82 Å². The first-order valence-corrected chi connectivity index (χ1v) is 8.99. The highest BCUT2D eigenvalue weighted by Gasteiger charge is 2.17. The van der Waals surface area contributed by atoms with Crippen LogP contribution in [0.15, 0.2) is 67.1 Å². The van der Waals surface area contributed by atoms with Crippen molar-refractivity contribution in [2.75, 3.05) is 25.6 Å². The quantitative estimate of drug-likeness (QED) is 0.517. The third kappa shape index (κ3) is 3.41. The van der Waals surface area contributed by atoms with E-state index in [0.717, 1.165) is 33.7 Å². The highest BCUT2D eigenvalue weighted by atomic mass is 16.5. The van der Waals surface area contributed by atoms with Crippen LogP contribution in [0, 0.1) is 6.92 Å². The molecule has 4 rings (SSSR count). The van der Waals surface area contributed by atoms with E-state index in [1.165, 1.54) is 5.56 Å². The average molecular weight is 358 g/mol. The zero-order chi connectivity index (χ0) is 18.6. The van der Waals surface area contributed by atoms with Crippen LogP contribution in [0.5, 0.6) is 0 Å². The number of benzene rings is 2. The van der Waals surface area contributed by atoms with Crippen molar-refractivity contribution in [1.29, 1.82) is 0 Å². The molecular formula is C22H22N4O. The van der Waals surface area contributed by atoms with E-state index < -0.39 is 0 Å². The molecule has 5 heteroatoms. The normalized spacial score (nSPS) is 11.0. The minimum atomic E-state index is 0.616. The lowest BCUT2D eigenvalue weighted by atomic mass is 10.1. The maximum Gasteiger partial charge on any atom is 0.150 e. The van der Waals surface area contributed by atoms with Crippen molar-refractivity contribution in [2.24, 2.45) is 0 Å². The summed E-state index contributed by atoms with van der Waals surface area (Å²) in [4.78, 5) is 9.09. The lowest BCUT2D eigenvalue weighted by molar-refractivity contribution is 0.210. The van der Waals surface area contributed by atoms with E-state index >= 15 is 0 Å². The first-order valence-electron chi connectivity index (χ1n) is 8.99. The number of methoxy groups -OCH3 is 1. The molecule has 0 amide bonds. The molecule has 2 aromatic heterocycles. The summed E-state index contributed by atoms with van der Waals surface area (Å²) in [6, 6.07) is 18.8. The van der Waals surface area contributed by atoms with Crippen LogP contribution in [0.3, 0.4) is 0 Å². The van der Waals surface area contributed by atoms with Crippen molar-refractivity contribution in [3.63, 3.8) is 0 Å². The number of fused-ring (bicyclic) bond motifs is 1. The molecule has 2 aromatic carbocycles. The van der Waals surface area contributed by atoms with Gasteiger partial charge >= 0.3 is 0 Å². The van der Waals surface area contributed by atoms with E-state index in [4.69, 9.17) is 4.74 Å². The Kier molecular flexibility index (Phi) is 4.85. The van der Waals surface area contributed by atoms with E-state index in [9.17, 15) is 0 Å². The van der Waals surface area contributed by atoms with Crippen LogP contribution in [-0.4, -0.2) is 34.8 Å². The van der Waals surface area contributed by atoms with E-state index in [2.05, 4.69) is 69.4 Å². The lowest BCUT2D eigenvalue weighted by Crippen LogP contribution is -2.09. The lowest BCUT2D eigenvalue weighted by Gasteiger charge is -2.08. The third-order valence-electron chi connectivity index (χ3n) is 4.58. The predicted octanol–water partition coefficient (Wildman–Crippen LogP) is 4.45. The Morgan fingerprint density at radius 1 is 1.00 bits per heavy atom. The Morgan fingerprint density at radius 2 is 1.78 bits per heavy atom. The van der Waals surface area contributed by atoms with Crippen molar-refractivity contribution < 1.29 is 4.74 Å². The minimum absolute atomic E-state index is 0.616. The highest BCUT2D eigenvalue weighted by molar-refractivity contribution is 6.02. The minimum Gasteiger partial charge on any atom is -0.383 e. The number of aryl methyl sites for hydroxylation is 1. The molecule has 0 aliphatic rings. The van der Waals surface area contributed by atoms with Gasteiger partial charge in [-0.25, -0.2) is 9.97 Å². The molecule has 0 radical (unpaired) electrons. The van der Waals surface area contributed by atoms with Crippen molar-refractivity contribution >= 4 is 16.9 Å². The second kappa shape index (κ2) is 7.60. The molecule has 0 bridgehead atoms. The van der Waals surface area contributed by atoms with Gasteiger partial charge in [0.25, 0.3) is 0 Å². The van der Waals surface area contributed by atoms with Crippen LogP contribution in [0.1, 0.15) is 5.56 Å². The number of ether oxygens (including phenoxy) is 1. The number of hydrogen-bond donors (Lipinski definition) is 1. The second-order valence-corrected chi connectivity index (χ2v) is 6.45. The molecule has 0 saturated heterocycles. The maximum atomic E-state index is 5.17. The molecule has 0 atom stereocenters. The molecule has 2 heterocycles. The molecule has 0 aliphatic heterocycles. The van der Waals surface area contributed by atoms with Gasteiger partial charge in [-0.2, -0.15) is 0 Å². The van der Waals surface area contributed by atoms with Gasteiger partial charge in [-0.1, -0.05) is 48.0 Å². The third-order valence-corrected chi connectivity index (χ3v) is 4.58. The SMILES string of the molecule is COCCNc1ncnc2c1c(-c1ccccc1)cn2-c1ccc(C)cc1. The van der Waals surface area contributed by atoms with Crippen molar-refractivity contribution in [3.8, 4) is 16.8 Å². The van der Waals surface area contributed by atoms with Gasteiger partial charge in [0.1, 0.15) is 12.1 Å². The number of nitrogens with zero attached hydrogens (tertiary/aromatic N) is 3. The predicted molar refractivity (Wildman–Crippen MR) is 109 cm³/mol. The Hall–Kier alpha value is -3.18. The summed E-state index contributed by atoms with van der Waals surface area (Å²) < 4.78 is 7.29. The van der Waals surface area contributed by atoms with E-state index in [0.29, 0.717) is 13.2 Å². The van der Waals surface area contributed by atoms with Gasteiger partial charge in [0, 0.05) is 31.1 Å². The van der Waals surface area contributed by atoms with Crippen molar-refractivity contribution in [1.82, 2.24) is 14.5 Å². The zero-order valence-corrected chi connectivity index (χ0v) is 15.5. The first-order chi connectivity index (χ1) is 13.3. The topological polar surface area (TPSA) is 52.0 Å². The average Bonchev–Trinajstić information content (AvgIpc) is 3.10. The van der Waals surface area contributed by atoms with E-state index in [-0.39, 0.29) is 0 Å². The molecule has 27 heavy (non-hydrogen) atoms. The fourth-order valence-electron chi connectivity index (χ4n) is 3.21. The maximum absolute atomic E-state index is 5.17. The Balaban J connectivity index is 1.92.